The first-order valence-corrected chi connectivity index (χ1v) is 13.6. The fraction of sp³-hybridized carbons (Fsp3) is 0.269. The Bertz CT molecular complexity index is 1520. The zero-order valence-corrected chi connectivity index (χ0v) is 20.9. The van der Waals surface area contributed by atoms with Crippen LogP contribution in [0.3, 0.4) is 0 Å². The summed E-state index contributed by atoms with van der Waals surface area (Å²) in [6.07, 6.45) is 2.77. The predicted octanol–water partition coefficient (Wildman–Crippen LogP) is 4.61. The number of H-pyrrole nitrogens is 2. The van der Waals surface area contributed by atoms with Crippen LogP contribution in [0.2, 0.25) is 0 Å². The van der Waals surface area contributed by atoms with E-state index in [4.69, 9.17) is 5.73 Å². The molecule has 36 heavy (non-hydrogen) atoms. The molecule has 10 heteroatoms. The maximum atomic E-state index is 14.8. The average molecular weight is 513 g/mol. The van der Waals surface area contributed by atoms with Crippen molar-refractivity contribution in [1.29, 1.82) is 0 Å². The highest BCUT2D eigenvalue weighted by molar-refractivity contribution is 7.89. The molecule has 0 aliphatic heterocycles. The summed E-state index contributed by atoms with van der Waals surface area (Å²) in [5, 5.41) is 13.9. The number of aromatic amines is 2. The largest absolute Gasteiger partial charge is 0.477 e. The Morgan fingerprint density at radius 1 is 1.17 bits per heavy atom. The van der Waals surface area contributed by atoms with E-state index in [1.165, 1.54) is 12.1 Å². The number of halogens is 1. The molecule has 0 amide bonds. The highest BCUT2D eigenvalue weighted by Gasteiger charge is 2.23. The van der Waals surface area contributed by atoms with Crippen LogP contribution < -0.4 is 11.1 Å². The highest BCUT2D eigenvalue weighted by atomic mass is 32.2. The second-order valence-electron chi connectivity index (χ2n) is 8.98. The first-order chi connectivity index (χ1) is 17.1. The number of rotatable bonds is 10. The number of carbonyl (C=O) groups is 1. The molecule has 6 N–H and O–H groups in total. The van der Waals surface area contributed by atoms with Crippen LogP contribution in [0.4, 0.5) is 10.2 Å². The summed E-state index contributed by atoms with van der Waals surface area (Å²) >= 11 is 0. The number of aromatic carboxylic acids is 1. The van der Waals surface area contributed by atoms with E-state index in [0.29, 0.717) is 28.6 Å². The normalized spacial score (nSPS) is 12.7. The number of para-hydroxylation sites is 1. The molecular formula is C26H29FN4O4S. The summed E-state index contributed by atoms with van der Waals surface area (Å²) < 4.78 is 38.0. The zero-order valence-electron chi connectivity index (χ0n) is 20.1. The summed E-state index contributed by atoms with van der Waals surface area (Å²) in [7, 11) is -3.42. The van der Waals surface area contributed by atoms with E-state index in [0.717, 1.165) is 36.2 Å². The minimum Gasteiger partial charge on any atom is -0.477 e. The lowest BCUT2D eigenvalue weighted by molar-refractivity contribution is 0.0692. The monoisotopic (exact) mass is 512 g/mol. The molecule has 8 nitrogen and oxygen atoms in total. The summed E-state index contributed by atoms with van der Waals surface area (Å²) in [5.41, 5.74) is 8.80. The Hall–Kier alpha value is -3.63. The predicted molar refractivity (Wildman–Crippen MR) is 139 cm³/mol. The molecule has 190 valence electrons. The van der Waals surface area contributed by atoms with Crippen molar-refractivity contribution in [3.8, 4) is 11.1 Å². The van der Waals surface area contributed by atoms with E-state index in [-0.39, 0.29) is 17.3 Å². The van der Waals surface area contributed by atoms with Gasteiger partial charge in [0.25, 0.3) is 0 Å². The van der Waals surface area contributed by atoms with Gasteiger partial charge < -0.3 is 26.1 Å². The topological polar surface area (TPSA) is 141 Å². The van der Waals surface area contributed by atoms with Gasteiger partial charge in [0.15, 0.2) is 9.84 Å². The van der Waals surface area contributed by atoms with Crippen molar-refractivity contribution < 1.29 is 22.7 Å². The lowest BCUT2D eigenvalue weighted by atomic mass is 9.98. The molecule has 1 atom stereocenters. The van der Waals surface area contributed by atoms with E-state index in [2.05, 4.69) is 15.3 Å². The average Bonchev–Trinajstić information content (AvgIpc) is 3.42. The third-order valence-electron chi connectivity index (χ3n) is 6.07. The SMILES string of the molecule is CC(Nc1ccc(CCCN)[nH]1)c1cccc2c(-c3ccc(CS(C)(=O)=O)c(F)c3)c(C(=O)O)[nH]c12. The summed E-state index contributed by atoms with van der Waals surface area (Å²) in [6, 6.07) is 13.4. The molecule has 0 fully saturated rings. The minimum atomic E-state index is -3.42. The van der Waals surface area contributed by atoms with Gasteiger partial charge in [0.2, 0.25) is 0 Å². The van der Waals surface area contributed by atoms with Crippen LogP contribution in [0.15, 0.2) is 48.5 Å². The van der Waals surface area contributed by atoms with Gasteiger partial charge >= 0.3 is 5.97 Å². The van der Waals surface area contributed by atoms with Crippen molar-refractivity contribution in [2.75, 3.05) is 18.1 Å². The van der Waals surface area contributed by atoms with Gasteiger partial charge in [-0.15, -0.1) is 0 Å². The van der Waals surface area contributed by atoms with Gasteiger partial charge in [0.05, 0.1) is 17.3 Å². The van der Waals surface area contributed by atoms with Gasteiger partial charge in [-0.3, -0.25) is 0 Å². The highest BCUT2D eigenvalue weighted by Crippen LogP contribution is 2.37. The number of hydrogen-bond acceptors (Lipinski definition) is 5. The summed E-state index contributed by atoms with van der Waals surface area (Å²) in [6.45, 7) is 2.58. The molecule has 2 aromatic carbocycles. The molecule has 0 aliphatic carbocycles. The minimum absolute atomic E-state index is 0.0354. The Labute approximate surface area is 208 Å². The van der Waals surface area contributed by atoms with Crippen LogP contribution in [0.1, 0.15) is 46.7 Å². The summed E-state index contributed by atoms with van der Waals surface area (Å²) in [5.74, 6) is -1.48. The number of carboxylic acids is 1. The first-order valence-electron chi connectivity index (χ1n) is 11.6. The molecule has 1 unspecified atom stereocenters. The van der Waals surface area contributed by atoms with Gasteiger partial charge in [-0.25, -0.2) is 17.6 Å². The Kier molecular flexibility index (Phi) is 7.18. The van der Waals surface area contributed by atoms with Crippen LogP contribution in [0.5, 0.6) is 0 Å². The van der Waals surface area contributed by atoms with Crippen molar-refractivity contribution in [2.24, 2.45) is 5.73 Å². The molecule has 0 spiro atoms. The van der Waals surface area contributed by atoms with Crippen molar-refractivity contribution in [1.82, 2.24) is 9.97 Å². The van der Waals surface area contributed by atoms with Crippen molar-refractivity contribution >= 4 is 32.5 Å². The third kappa shape index (κ3) is 5.44. The quantitative estimate of drug-likeness (QED) is 0.210. The molecule has 0 aliphatic rings. The number of aromatic nitrogens is 2. The standard InChI is InChI=1S/C26H29FN4O4S/c1-15(29-22-11-10-18(30-22)5-4-12-28)19-6-3-7-20-23(25(26(32)33)31-24(19)20)16-8-9-17(21(27)13-16)14-36(2,34)35/h3,6-11,13,15,29-31H,4-5,12,14,28H2,1-2H3,(H,32,33). The Balaban J connectivity index is 1.73. The van der Waals surface area contributed by atoms with E-state index in [9.17, 15) is 22.7 Å². The number of aryl methyl sites for hydroxylation is 1. The van der Waals surface area contributed by atoms with E-state index in [1.807, 2.05) is 31.2 Å². The molecule has 0 bridgehead atoms. The molecule has 2 aromatic heterocycles. The molecule has 0 saturated carbocycles. The first kappa shape index (κ1) is 25.5. The number of nitrogens with one attached hydrogen (secondary N) is 3. The maximum Gasteiger partial charge on any atom is 0.352 e. The van der Waals surface area contributed by atoms with Gasteiger partial charge in [-0.1, -0.05) is 30.3 Å². The van der Waals surface area contributed by atoms with Crippen LogP contribution >= 0.6 is 0 Å². The molecule has 0 saturated heterocycles. The molecule has 0 radical (unpaired) electrons. The van der Waals surface area contributed by atoms with Crippen LogP contribution in [0, 0.1) is 5.82 Å². The van der Waals surface area contributed by atoms with Gasteiger partial charge in [-0.05, 0) is 55.6 Å². The molecule has 2 heterocycles. The zero-order chi connectivity index (χ0) is 26.0. The van der Waals surface area contributed by atoms with Crippen LogP contribution in [-0.2, 0) is 22.0 Å². The second-order valence-corrected chi connectivity index (χ2v) is 11.1. The number of benzene rings is 2. The Morgan fingerprint density at radius 3 is 2.61 bits per heavy atom. The summed E-state index contributed by atoms with van der Waals surface area (Å²) in [4.78, 5) is 18.5. The van der Waals surface area contributed by atoms with E-state index >= 15 is 0 Å². The second kappa shape index (κ2) is 10.2. The number of hydrogen-bond donors (Lipinski definition) is 5. The smallest absolute Gasteiger partial charge is 0.352 e. The molecular weight excluding hydrogens is 483 g/mol. The van der Waals surface area contributed by atoms with Gasteiger partial charge in [0, 0.05) is 28.5 Å². The van der Waals surface area contributed by atoms with Crippen molar-refractivity contribution in [2.45, 2.75) is 31.6 Å². The molecule has 4 aromatic rings. The number of carboxylic acid groups (broad SMARTS) is 1. The third-order valence-corrected chi connectivity index (χ3v) is 6.91. The lowest BCUT2D eigenvalue weighted by Gasteiger charge is -2.15. The van der Waals surface area contributed by atoms with Crippen LogP contribution in [-0.4, -0.2) is 42.3 Å². The molecule has 4 rings (SSSR count). The fourth-order valence-electron chi connectivity index (χ4n) is 4.44. The number of nitrogens with two attached hydrogens (primary N) is 1. The number of fused-ring (bicyclic) bond motifs is 1. The fourth-order valence-corrected chi connectivity index (χ4v) is 5.24. The van der Waals surface area contributed by atoms with E-state index < -0.39 is 27.4 Å². The number of anilines is 1. The van der Waals surface area contributed by atoms with Gasteiger partial charge in [0.1, 0.15) is 17.3 Å². The van der Waals surface area contributed by atoms with Gasteiger partial charge in [-0.2, -0.15) is 0 Å². The Morgan fingerprint density at radius 2 is 1.94 bits per heavy atom. The van der Waals surface area contributed by atoms with Crippen molar-refractivity contribution in [3.05, 3.63) is 76.9 Å². The number of sulfone groups is 1. The lowest BCUT2D eigenvalue weighted by Crippen LogP contribution is -2.08. The maximum absolute atomic E-state index is 14.8. The van der Waals surface area contributed by atoms with Crippen molar-refractivity contribution in [3.63, 3.8) is 0 Å². The van der Waals surface area contributed by atoms with Crippen LogP contribution in [0.25, 0.3) is 22.0 Å². The van der Waals surface area contributed by atoms with E-state index in [1.54, 1.807) is 12.1 Å².